The van der Waals surface area contributed by atoms with Crippen molar-refractivity contribution < 1.29 is 14.3 Å². The van der Waals surface area contributed by atoms with E-state index in [0.29, 0.717) is 4.88 Å². The molecule has 2 N–H and O–H groups in total. The second-order valence-corrected chi connectivity index (χ2v) is 5.91. The summed E-state index contributed by atoms with van der Waals surface area (Å²) in [6.45, 7) is 0. The van der Waals surface area contributed by atoms with E-state index in [1.54, 1.807) is 17.4 Å². The fourth-order valence-corrected chi connectivity index (χ4v) is 3.67. The summed E-state index contributed by atoms with van der Waals surface area (Å²) >= 11 is 2.93. The number of anilines is 1. The van der Waals surface area contributed by atoms with E-state index in [0.717, 1.165) is 15.5 Å². The number of hydrogen-bond acceptors (Lipinski definition) is 4. The molecule has 0 radical (unpaired) electrons. The highest BCUT2D eigenvalue weighted by Gasteiger charge is 2.13. The molecule has 1 amide bonds. The van der Waals surface area contributed by atoms with Crippen LogP contribution >= 0.6 is 22.7 Å². The number of fused-ring (bicyclic) bond motifs is 1. The van der Waals surface area contributed by atoms with E-state index in [1.807, 2.05) is 11.4 Å². The molecule has 3 aromatic rings. The largest absolute Gasteiger partial charge is 0.508 e. The van der Waals surface area contributed by atoms with Crippen LogP contribution in [0.4, 0.5) is 10.1 Å². The van der Waals surface area contributed by atoms with Crippen molar-refractivity contribution in [3.8, 4) is 5.75 Å². The molecule has 0 atom stereocenters. The first kappa shape index (κ1) is 12.1. The summed E-state index contributed by atoms with van der Waals surface area (Å²) in [5, 5.41) is 13.6. The Balaban J connectivity index is 1.86. The smallest absolute Gasteiger partial charge is 0.265 e. The molecule has 0 aliphatic carbocycles. The number of rotatable bonds is 2. The molecule has 0 fully saturated rings. The minimum atomic E-state index is -0.660. The summed E-state index contributed by atoms with van der Waals surface area (Å²) in [6, 6.07) is 7.35. The molecule has 2 aromatic heterocycles. The number of aromatic hydroxyl groups is 1. The number of phenols is 1. The molecule has 0 saturated heterocycles. The van der Waals surface area contributed by atoms with Gasteiger partial charge in [-0.2, -0.15) is 0 Å². The quantitative estimate of drug-likeness (QED) is 0.700. The zero-order valence-corrected chi connectivity index (χ0v) is 11.1. The van der Waals surface area contributed by atoms with Gasteiger partial charge < -0.3 is 10.4 Å². The van der Waals surface area contributed by atoms with Gasteiger partial charge in [-0.25, -0.2) is 4.39 Å². The van der Waals surface area contributed by atoms with E-state index in [-0.39, 0.29) is 17.3 Å². The summed E-state index contributed by atoms with van der Waals surface area (Å²) in [5.41, 5.74) is 0.0551. The second-order valence-electron chi connectivity index (χ2n) is 3.88. The third-order valence-corrected chi connectivity index (χ3v) is 4.66. The number of benzene rings is 1. The van der Waals surface area contributed by atoms with Crippen molar-refractivity contribution >= 4 is 43.7 Å². The van der Waals surface area contributed by atoms with Gasteiger partial charge in [0.2, 0.25) is 0 Å². The minimum absolute atomic E-state index is 0.0551. The summed E-state index contributed by atoms with van der Waals surface area (Å²) < 4.78 is 15.6. The molecule has 96 valence electrons. The predicted molar refractivity (Wildman–Crippen MR) is 75.7 cm³/mol. The monoisotopic (exact) mass is 293 g/mol. The SMILES string of the molecule is O=C(Nc1ccc(O)cc1F)c1cc2sccc2s1. The standard InChI is InChI=1S/C13H8FNO2S2/c14-8-5-7(16)1-2-9(8)15-13(17)12-6-11-10(19-12)3-4-18-11/h1-6,16H,(H,15,17). The predicted octanol–water partition coefficient (Wildman–Crippen LogP) is 4.06. The summed E-state index contributed by atoms with van der Waals surface area (Å²) in [4.78, 5) is 12.5. The van der Waals surface area contributed by atoms with Crippen LogP contribution in [0.15, 0.2) is 35.7 Å². The number of hydrogen-bond donors (Lipinski definition) is 2. The average molecular weight is 293 g/mol. The van der Waals surface area contributed by atoms with Crippen molar-refractivity contribution in [1.29, 1.82) is 0 Å². The first-order chi connectivity index (χ1) is 9.13. The Labute approximate surface area is 115 Å². The van der Waals surface area contributed by atoms with Gasteiger partial charge in [0.1, 0.15) is 11.6 Å². The Bertz CT molecular complexity index is 734. The van der Waals surface area contributed by atoms with E-state index in [1.165, 1.54) is 23.5 Å². The Morgan fingerprint density at radius 3 is 2.79 bits per heavy atom. The number of halogens is 1. The molecule has 0 spiro atoms. The maximum absolute atomic E-state index is 13.5. The van der Waals surface area contributed by atoms with Crippen molar-refractivity contribution in [1.82, 2.24) is 0 Å². The van der Waals surface area contributed by atoms with Crippen LogP contribution in [-0.4, -0.2) is 11.0 Å². The third kappa shape index (κ3) is 2.32. The number of carbonyl (C=O) groups is 1. The second kappa shape index (κ2) is 4.64. The van der Waals surface area contributed by atoms with Crippen LogP contribution in [0.5, 0.6) is 5.75 Å². The molecule has 0 aliphatic heterocycles. The molecular weight excluding hydrogens is 285 g/mol. The van der Waals surface area contributed by atoms with Crippen molar-refractivity contribution in [2.45, 2.75) is 0 Å². The fourth-order valence-electron chi connectivity index (χ4n) is 1.67. The maximum Gasteiger partial charge on any atom is 0.265 e. The van der Waals surface area contributed by atoms with Crippen molar-refractivity contribution in [3.63, 3.8) is 0 Å². The van der Waals surface area contributed by atoms with Crippen LogP contribution in [0.2, 0.25) is 0 Å². The lowest BCUT2D eigenvalue weighted by molar-refractivity contribution is 0.103. The van der Waals surface area contributed by atoms with E-state index in [9.17, 15) is 9.18 Å². The maximum atomic E-state index is 13.5. The van der Waals surface area contributed by atoms with Gasteiger partial charge in [0, 0.05) is 15.5 Å². The highest BCUT2D eigenvalue weighted by atomic mass is 32.1. The lowest BCUT2D eigenvalue weighted by Crippen LogP contribution is -2.11. The minimum Gasteiger partial charge on any atom is -0.508 e. The van der Waals surface area contributed by atoms with Crippen LogP contribution in [0.3, 0.4) is 0 Å². The molecule has 1 aromatic carbocycles. The molecule has 0 unspecified atom stereocenters. The highest BCUT2D eigenvalue weighted by molar-refractivity contribution is 7.27. The summed E-state index contributed by atoms with van der Waals surface area (Å²) in [7, 11) is 0. The van der Waals surface area contributed by atoms with E-state index >= 15 is 0 Å². The number of carbonyl (C=O) groups excluding carboxylic acids is 1. The lowest BCUT2D eigenvalue weighted by Gasteiger charge is -2.04. The number of amides is 1. The van der Waals surface area contributed by atoms with E-state index in [2.05, 4.69) is 5.32 Å². The molecule has 2 heterocycles. The van der Waals surface area contributed by atoms with Gasteiger partial charge in [-0.1, -0.05) is 0 Å². The van der Waals surface area contributed by atoms with E-state index < -0.39 is 5.82 Å². The van der Waals surface area contributed by atoms with Gasteiger partial charge in [-0.15, -0.1) is 22.7 Å². The molecule has 19 heavy (non-hydrogen) atoms. The van der Waals surface area contributed by atoms with Crippen LogP contribution < -0.4 is 5.32 Å². The van der Waals surface area contributed by atoms with Crippen molar-refractivity contribution in [2.75, 3.05) is 5.32 Å². The number of nitrogens with one attached hydrogen (secondary N) is 1. The van der Waals surface area contributed by atoms with Crippen LogP contribution in [0.1, 0.15) is 9.67 Å². The normalized spacial score (nSPS) is 10.8. The Morgan fingerprint density at radius 1 is 1.21 bits per heavy atom. The lowest BCUT2D eigenvalue weighted by atomic mass is 10.3. The Hall–Kier alpha value is -1.92. The number of phenolic OH excluding ortho intramolecular Hbond substituents is 1. The van der Waals surface area contributed by atoms with Gasteiger partial charge in [0.05, 0.1) is 10.6 Å². The zero-order chi connectivity index (χ0) is 13.4. The molecule has 3 nitrogen and oxygen atoms in total. The van der Waals surface area contributed by atoms with Crippen LogP contribution in [0, 0.1) is 5.82 Å². The van der Waals surface area contributed by atoms with Gasteiger partial charge in [0.15, 0.2) is 0 Å². The Kier molecular flexibility index (Phi) is 2.96. The molecule has 0 aliphatic rings. The first-order valence-electron chi connectivity index (χ1n) is 5.40. The fraction of sp³-hybridized carbons (Fsp3) is 0. The summed E-state index contributed by atoms with van der Waals surface area (Å²) in [5.74, 6) is -1.18. The highest BCUT2D eigenvalue weighted by Crippen LogP contribution is 2.30. The van der Waals surface area contributed by atoms with E-state index in [4.69, 9.17) is 5.11 Å². The van der Waals surface area contributed by atoms with Crippen LogP contribution in [-0.2, 0) is 0 Å². The van der Waals surface area contributed by atoms with Crippen LogP contribution in [0.25, 0.3) is 9.40 Å². The van der Waals surface area contributed by atoms with Gasteiger partial charge >= 0.3 is 0 Å². The molecular formula is C13H8FNO2S2. The molecule has 0 saturated carbocycles. The Morgan fingerprint density at radius 2 is 2.05 bits per heavy atom. The molecule has 3 rings (SSSR count). The van der Waals surface area contributed by atoms with Gasteiger partial charge in [-0.3, -0.25) is 4.79 Å². The third-order valence-electron chi connectivity index (χ3n) is 2.56. The first-order valence-corrected chi connectivity index (χ1v) is 7.10. The summed E-state index contributed by atoms with van der Waals surface area (Å²) in [6.07, 6.45) is 0. The topological polar surface area (TPSA) is 49.3 Å². The van der Waals surface area contributed by atoms with Gasteiger partial charge in [0.25, 0.3) is 5.91 Å². The average Bonchev–Trinajstić information content (AvgIpc) is 2.93. The number of thiophene rings is 2. The van der Waals surface area contributed by atoms with Gasteiger partial charge in [-0.05, 0) is 29.6 Å². The molecule has 6 heteroatoms. The molecule has 0 bridgehead atoms. The van der Waals surface area contributed by atoms with Crippen molar-refractivity contribution in [3.05, 3.63) is 46.4 Å². The zero-order valence-electron chi connectivity index (χ0n) is 9.51. The van der Waals surface area contributed by atoms with Crippen molar-refractivity contribution in [2.24, 2.45) is 0 Å².